The molecule has 0 radical (unpaired) electrons. The summed E-state index contributed by atoms with van der Waals surface area (Å²) in [7, 11) is 0. The Morgan fingerprint density at radius 2 is 1.78 bits per heavy atom. The summed E-state index contributed by atoms with van der Waals surface area (Å²) < 4.78 is 5.04. The molecule has 1 aromatic carbocycles. The lowest BCUT2D eigenvalue weighted by atomic mass is 10.2. The summed E-state index contributed by atoms with van der Waals surface area (Å²) in [6.07, 6.45) is 1.44. The fourth-order valence-corrected chi connectivity index (χ4v) is 3.02. The second-order valence-electron chi connectivity index (χ2n) is 4.87. The number of anilines is 2. The molecule has 2 heterocycles. The van der Waals surface area contributed by atoms with Gasteiger partial charge in [-0.15, -0.1) is 11.3 Å². The van der Waals surface area contributed by atoms with Crippen molar-refractivity contribution in [2.45, 2.75) is 6.92 Å². The Hall–Kier alpha value is -2.86. The van der Waals surface area contributed by atoms with E-state index in [2.05, 4.69) is 10.6 Å². The summed E-state index contributed by atoms with van der Waals surface area (Å²) in [4.78, 5) is 24.8. The van der Waals surface area contributed by atoms with E-state index in [1.54, 1.807) is 18.2 Å². The third-order valence-electron chi connectivity index (χ3n) is 3.14. The quantitative estimate of drug-likeness (QED) is 0.756. The fourth-order valence-electron chi connectivity index (χ4n) is 2.06. The minimum Gasteiger partial charge on any atom is -0.459 e. The minimum atomic E-state index is -0.341. The Labute approximate surface area is 136 Å². The van der Waals surface area contributed by atoms with Gasteiger partial charge in [-0.1, -0.05) is 18.2 Å². The Balaban J connectivity index is 1.73. The Morgan fingerprint density at radius 1 is 1.00 bits per heavy atom. The van der Waals surface area contributed by atoms with Gasteiger partial charge in [-0.25, -0.2) is 0 Å². The van der Waals surface area contributed by atoms with Gasteiger partial charge < -0.3 is 15.1 Å². The van der Waals surface area contributed by atoms with Crippen LogP contribution in [-0.2, 0) is 0 Å². The fraction of sp³-hybridized carbons (Fsp3) is 0.0588. The zero-order chi connectivity index (χ0) is 16.2. The van der Waals surface area contributed by atoms with E-state index in [9.17, 15) is 9.59 Å². The topological polar surface area (TPSA) is 71.3 Å². The van der Waals surface area contributed by atoms with Crippen molar-refractivity contribution in [1.29, 1.82) is 0 Å². The average Bonchev–Trinajstić information content (AvgIpc) is 3.18. The molecule has 6 heteroatoms. The van der Waals surface area contributed by atoms with Crippen molar-refractivity contribution >= 4 is 33.8 Å². The van der Waals surface area contributed by atoms with Crippen molar-refractivity contribution in [3.63, 3.8) is 0 Å². The van der Waals surface area contributed by atoms with E-state index in [-0.39, 0.29) is 17.6 Å². The number of benzene rings is 1. The van der Waals surface area contributed by atoms with Crippen LogP contribution in [-0.4, -0.2) is 11.8 Å². The van der Waals surface area contributed by atoms with E-state index in [1.807, 2.05) is 37.3 Å². The predicted molar refractivity (Wildman–Crippen MR) is 90.1 cm³/mol. The number of nitrogens with one attached hydrogen (secondary N) is 2. The second kappa shape index (κ2) is 6.50. The van der Waals surface area contributed by atoms with Gasteiger partial charge in [-0.2, -0.15) is 0 Å². The maximum Gasteiger partial charge on any atom is 0.291 e. The van der Waals surface area contributed by atoms with E-state index in [1.165, 1.54) is 17.6 Å². The first-order valence-corrected chi connectivity index (χ1v) is 7.77. The van der Waals surface area contributed by atoms with E-state index in [0.29, 0.717) is 9.88 Å². The van der Waals surface area contributed by atoms with Crippen molar-refractivity contribution in [3.8, 4) is 0 Å². The zero-order valence-corrected chi connectivity index (χ0v) is 13.1. The molecule has 0 aliphatic heterocycles. The highest BCUT2D eigenvalue weighted by molar-refractivity contribution is 7.18. The highest BCUT2D eigenvalue weighted by Gasteiger charge is 2.16. The number of para-hydroxylation sites is 1. The van der Waals surface area contributed by atoms with Gasteiger partial charge in [-0.3, -0.25) is 9.59 Å². The summed E-state index contributed by atoms with van der Waals surface area (Å²) in [5.74, 6) is -0.310. The third kappa shape index (κ3) is 3.49. The number of hydrogen-bond donors (Lipinski definition) is 2. The van der Waals surface area contributed by atoms with Gasteiger partial charge in [0.15, 0.2) is 5.76 Å². The normalized spacial score (nSPS) is 10.3. The molecule has 0 unspecified atom stereocenters. The van der Waals surface area contributed by atoms with Crippen molar-refractivity contribution in [2.24, 2.45) is 0 Å². The first kappa shape index (κ1) is 15.1. The lowest BCUT2D eigenvalue weighted by Crippen LogP contribution is -2.11. The van der Waals surface area contributed by atoms with Crippen LogP contribution >= 0.6 is 11.3 Å². The summed E-state index contributed by atoms with van der Waals surface area (Å²) >= 11 is 1.23. The Kier molecular flexibility index (Phi) is 4.25. The molecule has 0 fully saturated rings. The number of aryl methyl sites for hydroxylation is 1. The molecule has 23 heavy (non-hydrogen) atoms. The highest BCUT2D eigenvalue weighted by Crippen LogP contribution is 2.28. The van der Waals surface area contributed by atoms with Crippen LogP contribution in [0.1, 0.15) is 25.8 Å². The number of thiophene rings is 1. The summed E-state index contributed by atoms with van der Waals surface area (Å²) in [5.41, 5.74) is 1.53. The van der Waals surface area contributed by atoms with Gasteiger partial charge in [0.1, 0.15) is 0 Å². The second-order valence-corrected chi connectivity index (χ2v) is 5.93. The molecule has 2 aromatic heterocycles. The third-order valence-corrected chi connectivity index (χ3v) is 4.29. The Morgan fingerprint density at radius 3 is 2.48 bits per heavy atom. The molecule has 0 spiro atoms. The predicted octanol–water partition coefficient (Wildman–Crippen LogP) is 4.15. The lowest BCUT2D eigenvalue weighted by Gasteiger charge is -2.03. The maximum atomic E-state index is 12.3. The van der Waals surface area contributed by atoms with E-state index in [4.69, 9.17) is 4.42 Å². The van der Waals surface area contributed by atoms with Crippen LogP contribution in [0.25, 0.3) is 0 Å². The molecule has 0 aliphatic rings. The number of hydrogen-bond acceptors (Lipinski definition) is 4. The van der Waals surface area contributed by atoms with Crippen molar-refractivity contribution < 1.29 is 14.0 Å². The van der Waals surface area contributed by atoms with Crippen molar-refractivity contribution in [1.82, 2.24) is 0 Å². The molecule has 2 amide bonds. The molecule has 0 atom stereocenters. The summed E-state index contributed by atoms with van der Waals surface area (Å²) in [5, 5.41) is 6.16. The van der Waals surface area contributed by atoms with Crippen molar-refractivity contribution in [3.05, 3.63) is 71.0 Å². The monoisotopic (exact) mass is 326 g/mol. The van der Waals surface area contributed by atoms with Crippen LogP contribution < -0.4 is 10.6 Å². The highest BCUT2D eigenvalue weighted by atomic mass is 32.1. The number of rotatable bonds is 4. The van der Waals surface area contributed by atoms with Gasteiger partial charge in [0, 0.05) is 5.69 Å². The number of carbonyl (C=O) groups is 2. The summed E-state index contributed by atoms with van der Waals surface area (Å²) in [6, 6.07) is 14.2. The number of carbonyl (C=O) groups excluding carboxylic acids is 2. The van der Waals surface area contributed by atoms with Crippen LogP contribution in [0.2, 0.25) is 0 Å². The first-order chi connectivity index (χ1) is 11.1. The molecule has 3 rings (SSSR count). The van der Waals surface area contributed by atoms with E-state index in [0.717, 1.165) is 11.3 Å². The van der Waals surface area contributed by atoms with Crippen LogP contribution in [0.4, 0.5) is 10.7 Å². The maximum absolute atomic E-state index is 12.3. The number of amides is 2. The van der Waals surface area contributed by atoms with Crippen LogP contribution in [0.3, 0.4) is 0 Å². The van der Waals surface area contributed by atoms with Gasteiger partial charge >= 0.3 is 0 Å². The van der Waals surface area contributed by atoms with Gasteiger partial charge in [-0.05, 0) is 42.8 Å². The molecular formula is C17H14N2O3S. The van der Waals surface area contributed by atoms with E-state index < -0.39 is 0 Å². The van der Waals surface area contributed by atoms with Crippen LogP contribution in [0, 0.1) is 6.92 Å². The molecule has 2 N–H and O–H groups in total. The molecule has 3 aromatic rings. The van der Waals surface area contributed by atoms with E-state index >= 15 is 0 Å². The van der Waals surface area contributed by atoms with Gasteiger partial charge in [0.05, 0.1) is 16.1 Å². The van der Waals surface area contributed by atoms with Crippen LogP contribution in [0.5, 0.6) is 0 Å². The van der Waals surface area contributed by atoms with Gasteiger partial charge in [0.2, 0.25) is 0 Å². The SMILES string of the molecule is Cc1cc(NC(=O)c2ccco2)sc1C(=O)Nc1ccccc1. The largest absolute Gasteiger partial charge is 0.459 e. The molecular weight excluding hydrogens is 312 g/mol. The average molecular weight is 326 g/mol. The number of furan rings is 1. The van der Waals surface area contributed by atoms with Gasteiger partial charge in [0.25, 0.3) is 11.8 Å². The first-order valence-electron chi connectivity index (χ1n) is 6.95. The molecule has 0 bridgehead atoms. The standard InChI is InChI=1S/C17H14N2O3S/c1-11-10-14(19-16(20)13-8-5-9-22-13)23-15(11)17(21)18-12-6-3-2-4-7-12/h2-10H,1H3,(H,18,21)(H,19,20). The Bertz CT molecular complexity index is 823. The van der Waals surface area contributed by atoms with Crippen molar-refractivity contribution in [2.75, 3.05) is 10.6 Å². The molecule has 5 nitrogen and oxygen atoms in total. The molecule has 116 valence electrons. The molecule has 0 saturated heterocycles. The van der Waals surface area contributed by atoms with Crippen LogP contribution in [0.15, 0.2) is 59.2 Å². The molecule has 0 saturated carbocycles. The minimum absolute atomic E-state index is 0.197. The summed E-state index contributed by atoms with van der Waals surface area (Å²) in [6.45, 7) is 1.83. The lowest BCUT2D eigenvalue weighted by molar-refractivity contribution is 0.0995. The smallest absolute Gasteiger partial charge is 0.291 e. The molecule has 0 aliphatic carbocycles. The zero-order valence-electron chi connectivity index (χ0n) is 12.3.